The van der Waals surface area contributed by atoms with Crippen LogP contribution in [-0.4, -0.2) is 84.4 Å². The molecule has 3 atom stereocenters. The summed E-state index contributed by atoms with van der Waals surface area (Å²) in [6.45, 7) is 0.766. The fourth-order valence-corrected chi connectivity index (χ4v) is 5.74. The molecule has 2 N–H and O–H groups in total. The number of hydrogen-bond acceptors (Lipinski definition) is 10. The summed E-state index contributed by atoms with van der Waals surface area (Å²) >= 11 is 1.35. The Kier molecular flexibility index (Phi) is 7.79. The second-order valence-electron chi connectivity index (χ2n) is 9.22. The number of benzene rings is 1. The van der Waals surface area contributed by atoms with Crippen LogP contribution in [0.4, 0.5) is 8.78 Å². The van der Waals surface area contributed by atoms with Crippen LogP contribution in [0.25, 0.3) is 0 Å². The number of carbonyl (C=O) groups excluding carboxylic acids is 1. The van der Waals surface area contributed by atoms with Crippen LogP contribution in [0.5, 0.6) is 0 Å². The van der Waals surface area contributed by atoms with Gasteiger partial charge in [0.05, 0.1) is 32.0 Å². The fourth-order valence-electron chi connectivity index (χ4n) is 5.15. The van der Waals surface area contributed by atoms with Crippen LogP contribution < -0.4 is 5.32 Å². The predicted molar refractivity (Wildman–Crippen MR) is 132 cm³/mol. The molecule has 0 radical (unpaired) electrons. The standard InChI is InChI=1S/C25H26F2N4O6S/c1-35-25(34)21-19(9-31-14-7-16(37-12-20(32)33)8-15(31)11-36-10-14)29-23(24-28-4-5-38-24)30-22(21)13-2-3-17(26)18(27)6-13/h2-6,14-16,22H,7-12H2,1H3,(H,29,30)(H,32,33). The lowest BCUT2D eigenvalue weighted by Crippen LogP contribution is -2.59. The first-order chi connectivity index (χ1) is 18.3. The largest absolute Gasteiger partial charge is 0.480 e. The molecule has 2 aromatic rings. The number of nitrogens with one attached hydrogen (secondary N) is 1. The minimum absolute atomic E-state index is 0.0848. The number of nitrogens with zero attached hydrogens (tertiary/aromatic N) is 3. The molecule has 0 aliphatic carbocycles. The molecule has 1 aromatic carbocycles. The molecule has 4 heterocycles. The molecular formula is C25H26F2N4O6S. The van der Waals surface area contributed by atoms with Crippen LogP contribution in [0.15, 0.2) is 46.0 Å². The Hall–Kier alpha value is -3.26. The van der Waals surface area contributed by atoms with Crippen molar-refractivity contribution in [2.75, 3.05) is 33.5 Å². The van der Waals surface area contributed by atoms with Gasteiger partial charge in [-0.3, -0.25) is 9.89 Å². The zero-order valence-corrected chi connectivity index (χ0v) is 21.2. The van der Waals surface area contributed by atoms with Gasteiger partial charge >= 0.3 is 11.9 Å². The highest BCUT2D eigenvalue weighted by Crippen LogP contribution is 2.36. The summed E-state index contributed by atoms with van der Waals surface area (Å²) in [5, 5.41) is 14.6. The van der Waals surface area contributed by atoms with E-state index in [4.69, 9.17) is 19.3 Å². The van der Waals surface area contributed by atoms with E-state index in [1.54, 1.807) is 11.6 Å². The Balaban J connectivity index is 1.51. The van der Waals surface area contributed by atoms with E-state index in [1.807, 2.05) is 0 Å². The van der Waals surface area contributed by atoms with Crippen molar-refractivity contribution in [3.05, 3.63) is 63.3 Å². The summed E-state index contributed by atoms with van der Waals surface area (Å²) in [6, 6.07) is 2.30. The summed E-state index contributed by atoms with van der Waals surface area (Å²) in [7, 11) is 1.25. The third-order valence-corrected chi connectivity index (χ3v) is 7.62. The Labute approximate surface area is 220 Å². The van der Waals surface area contributed by atoms with Crippen LogP contribution in [0, 0.1) is 11.6 Å². The Morgan fingerprint density at radius 2 is 2.00 bits per heavy atom. The number of methoxy groups -OCH3 is 1. The van der Waals surface area contributed by atoms with Gasteiger partial charge in [0.15, 0.2) is 22.5 Å². The van der Waals surface area contributed by atoms with Crippen LogP contribution in [0.1, 0.15) is 29.5 Å². The molecule has 38 heavy (non-hydrogen) atoms. The molecular weight excluding hydrogens is 522 g/mol. The number of rotatable bonds is 8. The first-order valence-electron chi connectivity index (χ1n) is 12.0. The number of carboxylic acids is 1. The molecule has 3 unspecified atom stereocenters. The summed E-state index contributed by atoms with van der Waals surface area (Å²) in [5.74, 6) is -3.32. The number of carbonyl (C=O) groups is 2. The van der Waals surface area contributed by atoms with Crippen molar-refractivity contribution >= 4 is 29.1 Å². The maximum absolute atomic E-state index is 14.2. The predicted octanol–water partition coefficient (Wildman–Crippen LogP) is 2.27. The second-order valence-corrected chi connectivity index (χ2v) is 10.1. The van der Waals surface area contributed by atoms with E-state index < -0.39 is 29.6 Å². The molecule has 10 nitrogen and oxygen atoms in total. The molecule has 0 spiro atoms. The molecule has 5 rings (SSSR count). The van der Waals surface area contributed by atoms with Gasteiger partial charge in [0, 0.05) is 35.9 Å². The normalized spacial score (nSPS) is 25.5. The number of halogens is 2. The van der Waals surface area contributed by atoms with Gasteiger partial charge in [0.25, 0.3) is 0 Å². The van der Waals surface area contributed by atoms with E-state index in [0.717, 1.165) is 12.1 Å². The summed E-state index contributed by atoms with van der Waals surface area (Å²) in [4.78, 5) is 35.3. The fraction of sp³-hybridized carbons (Fsp3) is 0.440. The monoisotopic (exact) mass is 548 g/mol. The van der Waals surface area contributed by atoms with Gasteiger partial charge in [0.1, 0.15) is 12.6 Å². The topological polar surface area (TPSA) is 123 Å². The Morgan fingerprint density at radius 1 is 1.24 bits per heavy atom. The Bertz CT molecular complexity index is 1260. The van der Waals surface area contributed by atoms with Gasteiger partial charge in [-0.25, -0.2) is 23.4 Å². The van der Waals surface area contributed by atoms with Crippen LogP contribution in [0.2, 0.25) is 0 Å². The van der Waals surface area contributed by atoms with E-state index in [1.165, 1.54) is 24.5 Å². The molecule has 0 saturated carbocycles. The third kappa shape index (κ3) is 5.46. The van der Waals surface area contributed by atoms with Gasteiger partial charge < -0.3 is 24.6 Å². The SMILES string of the molecule is COC(=O)C1=C(CN2C3COCC2CC(OCC(=O)O)C3)NC(c2nccs2)=NC1c1ccc(F)c(F)c1. The zero-order chi connectivity index (χ0) is 26.8. The maximum atomic E-state index is 14.2. The summed E-state index contributed by atoms with van der Waals surface area (Å²) in [6.07, 6.45) is 2.52. The maximum Gasteiger partial charge on any atom is 0.338 e. The van der Waals surface area contributed by atoms with Gasteiger partial charge in [-0.15, -0.1) is 11.3 Å². The number of ether oxygens (including phenoxy) is 3. The average molecular weight is 549 g/mol. The van der Waals surface area contributed by atoms with Crippen LogP contribution in [-0.2, 0) is 23.8 Å². The van der Waals surface area contributed by atoms with E-state index >= 15 is 0 Å². The summed E-state index contributed by atoms with van der Waals surface area (Å²) in [5.41, 5.74) is 0.984. The first kappa shape index (κ1) is 26.4. The average Bonchev–Trinajstić information content (AvgIpc) is 3.43. The number of amidine groups is 1. The van der Waals surface area contributed by atoms with Crippen molar-refractivity contribution in [2.45, 2.75) is 37.1 Å². The smallest absolute Gasteiger partial charge is 0.338 e. The van der Waals surface area contributed by atoms with Crippen molar-refractivity contribution in [1.29, 1.82) is 0 Å². The van der Waals surface area contributed by atoms with E-state index in [0.29, 0.717) is 54.7 Å². The molecule has 3 aliphatic heterocycles. The second kappa shape index (κ2) is 11.2. The van der Waals surface area contributed by atoms with Crippen molar-refractivity contribution in [3.63, 3.8) is 0 Å². The number of aromatic nitrogens is 1. The molecule has 2 fully saturated rings. The number of fused-ring (bicyclic) bond motifs is 2. The van der Waals surface area contributed by atoms with Gasteiger partial charge in [0.2, 0.25) is 0 Å². The zero-order valence-electron chi connectivity index (χ0n) is 20.4. The lowest BCUT2D eigenvalue weighted by atomic mass is 9.90. The molecule has 1 aromatic heterocycles. The van der Waals surface area contributed by atoms with E-state index in [-0.39, 0.29) is 30.4 Å². The van der Waals surface area contributed by atoms with E-state index in [9.17, 15) is 18.4 Å². The van der Waals surface area contributed by atoms with Gasteiger partial charge in [-0.05, 0) is 30.5 Å². The minimum atomic E-state index is -1.05. The van der Waals surface area contributed by atoms with Gasteiger partial charge in [-0.2, -0.15) is 0 Å². The molecule has 3 aliphatic rings. The van der Waals surface area contributed by atoms with E-state index in [2.05, 4.69) is 20.2 Å². The molecule has 2 saturated heterocycles. The van der Waals surface area contributed by atoms with Crippen molar-refractivity contribution < 1.29 is 37.7 Å². The number of thiazole rings is 1. The number of carboxylic acid groups (broad SMARTS) is 1. The number of aliphatic imine (C=N–C) groups is 1. The lowest BCUT2D eigenvalue weighted by molar-refractivity contribution is -0.151. The van der Waals surface area contributed by atoms with Crippen molar-refractivity contribution in [1.82, 2.24) is 15.2 Å². The quantitative estimate of drug-likeness (QED) is 0.479. The first-order valence-corrected chi connectivity index (χ1v) is 12.9. The number of morpholine rings is 1. The highest BCUT2D eigenvalue weighted by Gasteiger charge is 2.42. The molecule has 202 valence electrons. The molecule has 0 amide bonds. The molecule has 2 bridgehead atoms. The number of esters is 1. The number of hydrogen-bond donors (Lipinski definition) is 2. The minimum Gasteiger partial charge on any atom is -0.480 e. The number of aliphatic carboxylic acids is 1. The van der Waals surface area contributed by atoms with Gasteiger partial charge in [-0.1, -0.05) is 6.07 Å². The highest BCUT2D eigenvalue weighted by molar-refractivity contribution is 7.11. The summed E-state index contributed by atoms with van der Waals surface area (Å²) < 4.78 is 44.4. The number of piperidine rings is 1. The molecule has 13 heteroatoms. The highest BCUT2D eigenvalue weighted by atomic mass is 32.1. The van der Waals surface area contributed by atoms with Crippen molar-refractivity contribution in [3.8, 4) is 0 Å². The van der Waals surface area contributed by atoms with Crippen LogP contribution in [0.3, 0.4) is 0 Å². The van der Waals surface area contributed by atoms with Crippen LogP contribution >= 0.6 is 11.3 Å². The lowest BCUT2D eigenvalue weighted by Gasteiger charge is -2.48. The third-order valence-electron chi connectivity index (χ3n) is 6.84. The Morgan fingerprint density at radius 3 is 2.63 bits per heavy atom. The van der Waals surface area contributed by atoms with Crippen molar-refractivity contribution in [2.24, 2.45) is 4.99 Å².